The van der Waals surface area contributed by atoms with Crippen LogP contribution in [-0.4, -0.2) is 48.0 Å². The van der Waals surface area contributed by atoms with Crippen molar-refractivity contribution in [2.75, 3.05) is 36.0 Å². The van der Waals surface area contributed by atoms with E-state index < -0.39 is 16.7 Å². The zero-order valence-corrected chi connectivity index (χ0v) is 19.5. The van der Waals surface area contributed by atoms with E-state index in [9.17, 15) is 19.7 Å². The van der Waals surface area contributed by atoms with Crippen LogP contribution in [0.3, 0.4) is 0 Å². The van der Waals surface area contributed by atoms with Gasteiger partial charge in [-0.25, -0.2) is 0 Å². The number of carbonyl (C=O) groups is 2. The minimum absolute atomic E-state index is 0. The summed E-state index contributed by atoms with van der Waals surface area (Å²) in [5.41, 5.74) is 1.30. The van der Waals surface area contributed by atoms with Crippen LogP contribution < -0.4 is 32.8 Å². The number of thiocarbonyl (C=S) groups is 1. The average Bonchev–Trinajstić information content (AvgIpc) is 2.78. The topological polar surface area (TPSA) is 112 Å². The molecule has 2 aliphatic rings. The van der Waals surface area contributed by atoms with Gasteiger partial charge in [-0.05, 0) is 48.6 Å². The van der Waals surface area contributed by atoms with Crippen LogP contribution in [0.15, 0.2) is 48.0 Å². The molecule has 172 valence electrons. The van der Waals surface area contributed by atoms with E-state index in [2.05, 4.69) is 15.5 Å². The quantitative estimate of drug-likeness (QED) is 0.170. The molecule has 2 amide bonds. The van der Waals surface area contributed by atoms with Crippen LogP contribution in [0.4, 0.5) is 17.1 Å². The molecule has 33 heavy (non-hydrogen) atoms. The summed E-state index contributed by atoms with van der Waals surface area (Å²) in [6.45, 7) is 3.25. The first kappa shape index (κ1) is 24.6. The minimum atomic E-state index is -0.658. The number of nitrogens with two attached hydrogens (primary N) is 1. The lowest BCUT2D eigenvalue weighted by molar-refractivity contribution is -0.655. The smallest absolute Gasteiger partial charge is 0.270 e. The Bertz CT molecular complexity index is 1150. The number of nitrogens with one attached hydrogen (secondary N) is 1. The summed E-state index contributed by atoms with van der Waals surface area (Å²) in [6.07, 6.45) is 1.39. The van der Waals surface area contributed by atoms with Gasteiger partial charge in [0.1, 0.15) is 5.57 Å². The van der Waals surface area contributed by atoms with E-state index in [1.165, 1.54) is 23.1 Å². The highest BCUT2D eigenvalue weighted by atomic mass is 35.5. The molecule has 2 saturated heterocycles. The second-order valence-corrected chi connectivity index (χ2v) is 8.11. The van der Waals surface area contributed by atoms with E-state index >= 15 is 0 Å². The number of quaternary nitrogens is 1. The van der Waals surface area contributed by atoms with E-state index in [1.54, 1.807) is 30.3 Å². The van der Waals surface area contributed by atoms with Gasteiger partial charge in [0, 0.05) is 28.4 Å². The fourth-order valence-electron chi connectivity index (χ4n) is 3.69. The SMILES string of the molecule is O=C1NC(=S)N(c2ccc(Cl)cc2)C(=O)/C1=C\c1cc([N+](=O)[O-])ccc1N1CC[NH2+]CC1.[Cl-]. The number of hydrogen-bond donors (Lipinski definition) is 2. The van der Waals surface area contributed by atoms with Gasteiger partial charge in [0.2, 0.25) is 0 Å². The molecule has 0 bridgehead atoms. The zero-order chi connectivity index (χ0) is 22.8. The lowest BCUT2D eigenvalue weighted by Crippen LogP contribution is -3.00. The highest BCUT2D eigenvalue weighted by Crippen LogP contribution is 2.30. The molecule has 2 aliphatic heterocycles. The number of rotatable bonds is 4. The largest absolute Gasteiger partial charge is 1.00 e. The number of nitro groups is 1. The molecule has 0 spiro atoms. The van der Waals surface area contributed by atoms with Crippen LogP contribution in [0.1, 0.15) is 5.56 Å². The third kappa shape index (κ3) is 5.14. The summed E-state index contributed by atoms with van der Waals surface area (Å²) in [4.78, 5) is 40.1. The molecule has 2 fully saturated rings. The van der Waals surface area contributed by atoms with Crippen molar-refractivity contribution in [1.82, 2.24) is 5.32 Å². The normalized spacial score (nSPS) is 17.6. The fraction of sp³-hybridized carbons (Fsp3) is 0.190. The van der Waals surface area contributed by atoms with Crippen molar-refractivity contribution in [2.24, 2.45) is 0 Å². The second-order valence-electron chi connectivity index (χ2n) is 7.29. The number of non-ortho nitro benzene ring substituents is 1. The molecule has 2 aromatic carbocycles. The van der Waals surface area contributed by atoms with Gasteiger partial charge in [-0.2, -0.15) is 0 Å². The van der Waals surface area contributed by atoms with Crippen LogP contribution in [0.5, 0.6) is 0 Å². The highest BCUT2D eigenvalue weighted by Gasteiger charge is 2.35. The van der Waals surface area contributed by atoms with Crippen molar-refractivity contribution in [2.45, 2.75) is 0 Å². The predicted octanol–water partition coefficient (Wildman–Crippen LogP) is -1.53. The molecule has 0 saturated carbocycles. The van der Waals surface area contributed by atoms with Gasteiger partial charge in [0.05, 0.1) is 36.8 Å². The van der Waals surface area contributed by atoms with Gasteiger partial charge in [-0.3, -0.25) is 29.9 Å². The average molecular weight is 508 g/mol. The Morgan fingerprint density at radius 1 is 1.12 bits per heavy atom. The number of benzene rings is 2. The zero-order valence-electron chi connectivity index (χ0n) is 17.2. The second kappa shape index (κ2) is 10.3. The van der Waals surface area contributed by atoms with Crippen LogP contribution in [-0.2, 0) is 9.59 Å². The molecule has 0 aliphatic carbocycles. The lowest BCUT2D eigenvalue weighted by Gasteiger charge is -2.30. The first-order valence-electron chi connectivity index (χ1n) is 9.87. The Morgan fingerprint density at radius 3 is 2.42 bits per heavy atom. The van der Waals surface area contributed by atoms with E-state index in [1.807, 2.05) is 0 Å². The van der Waals surface area contributed by atoms with Crippen LogP contribution in [0, 0.1) is 10.1 Å². The molecule has 9 nitrogen and oxygen atoms in total. The van der Waals surface area contributed by atoms with Crippen molar-refractivity contribution in [3.8, 4) is 0 Å². The monoisotopic (exact) mass is 507 g/mol. The van der Waals surface area contributed by atoms with Crippen molar-refractivity contribution < 1.29 is 32.2 Å². The summed E-state index contributed by atoms with van der Waals surface area (Å²) < 4.78 is 0. The molecule has 12 heteroatoms. The number of hydrogen-bond acceptors (Lipinski definition) is 6. The van der Waals surface area contributed by atoms with Crippen molar-refractivity contribution in [1.29, 1.82) is 0 Å². The van der Waals surface area contributed by atoms with Gasteiger partial charge in [-0.15, -0.1) is 0 Å². The Kier molecular flexibility index (Phi) is 7.65. The Hall–Kier alpha value is -3.05. The Balaban J connectivity index is 0.00000306. The maximum Gasteiger partial charge on any atom is 0.270 e. The van der Waals surface area contributed by atoms with Crippen molar-refractivity contribution >= 4 is 63.9 Å². The third-order valence-electron chi connectivity index (χ3n) is 5.26. The summed E-state index contributed by atoms with van der Waals surface area (Å²) in [6, 6.07) is 10.9. The molecule has 2 aromatic rings. The molecule has 2 heterocycles. The van der Waals surface area contributed by atoms with Crippen molar-refractivity contribution in [3.05, 3.63) is 68.7 Å². The molecule has 0 radical (unpaired) electrons. The number of carbonyl (C=O) groups excluding carboxylic acids is 2. The number of nitro benzene ring substituents is 1. The number of anilines is 2. The summed E-state index contributed by atoms with van der Waals surface area (Å²) >= 11 is 11.1. The van der Waals surface area contributed by atoms with Gasteiger partial charge >= 0.3 is 0 Å². The number of amides is 2. The van der Waals surface area contributed by atoms with E-state index in [0.717, 1.165) is 31.9 Å². The van der Waals surface area contributed by atoms with E-state index in [4.69, 9.17) is 23.8 Å². The number of halogens is 2. The van der Waals surface area contributed by atoms with Crippen LogP contribution in [0.2, 0.25) is 5.02 Å². The third-order valence-corrected chi connectivity index (χ3v) is 5.79. The van der Waals surface area contributed by atoms with Gasteiger partial charge in [0.25, 0.3) is 17.5 Å². The van der Waals surface area contributed by atoms with Crippen LogP contribution in [0.25, 0.3) is 6.08 Å². The van der Waals surface area contributed by atoms with Gasteiger partial charge < -0.3 is 22.6 Å². The summed E-state index contributed by atoms with van der Waals surface area (Å²) in [5, 5.41) is 16.5. The number of nitrogens with zero attached hydrogens (tertiary/aromatic N) is 3. The van der Waals surface area contributed by atoms with E-state index in [-0.39, 0.29) is 28.8 Å². The lowest BCUT2D eigenvalue weighted by atomic mass is 10.0. The highest BCUT2D eigenvalue weighted by molar-refractivity contribution is 7.80. The molecule has 0 aromatic heterocycles. The van der Waals surface area contributed by atoms with E-state index in [0.29, 0.717) is 16.3 Å². The Morgan fingerprint density at radius 2 is 1.79 bits per heavy atom. The summed E-state index contributed by atoms with van der Waals surface area (Å²) in [7, 11) is 0. The molecular weight excluding hydrogens is 489 g/mol. The molecule has 0 unspecified atom stereocenters. The minimum Gasteiger partial charge on any atom is -1.00 e. The summed E-state index contributed by atoms with van der Waals surface area (Å²) in [5.74, 6) is -1.28. The first-order chi connectivity index (χ1) is 15.3. The van der Waals surface area contributed by atoms with Crippen molar-refractivity contribution in [3.63, 3.8) is 0 Å². The first-order valence-corrected chi connectivity index (χ1v) is 10.7. The Labute approximate surface area is 205 Å². The maximum absolute atomic E-state index is 13.3. The molecular formula is C21H19Cl2N5O4S. The number of piperazine rings is 1. The van der Waals surface area contributed by atoms with Gasteiger partial charge in [0.15, 0.2) is 5.11 Å². The predicted molar refractivity (Wildman–Crippen MR) is 125 cm³/mol. The molecule has 3 N–H and O–H groups in total. The maximum atomic E-state index is 13.3. The van der Waals surface area contributed by atoms with Crippen LogP contribution >= 0.6 is 23.8 Å². The fourth-order valence-corrected chi connectivity index (χ4v) is 4.09. The van der Waals surface area contributed by atoms with Gasteiger partial charge in [-0.1, -0.05) is 11.6 Å². The molecule has 0 atom stereocenters. The standard InChI is InChI=1S/C21H18ClN5O4S.ClH/c22-14-1-3-15(4-2-14)26-20(29)17(19(28)24-21(26)32)12-13-11-16(27(30)31)5-6-18(13)25-9-7-23-8-10-25;/h1-6,11-12,23H,7-10H2,(H,24,28,32);1H/b17-12-;. The molecule has 4 rings (SSSR count).